The molecule has 0 saturated carbocycles. The highest BCUT2D eigenvalue weighted by Gasteiger charge is 2.17. The van der Waals surface area contributed by atoms with E-state index in [4.69, 9.17) is 9.47 Å². The molecule has 0 aromatic carbocycles. The Kier molecular flexibility index (Phi) is 24.8. The van der Waals surface area contributed by atoms with Crippen molar-refractivity contribution < 1.29 is 19.1 Å². The number of hydrogen-bond donors (Lipinski definition) is 0. The van der Waals surface area contributed by atoms with Crippen molar-refractivity contribution >= 4 is 11.9 Å². The van der Waals surface area contributed by atoms with Crippen molar-refractivity contribution in [1.29, 1.82) is 0 Å². The van der Waals surface area contributed by atoms with Crippen LogP contribution >= 0.6 is 0 Å². The molecule has 0 saturated heterocycles. The second-order valence-corrected chi connectivity index (χ2v) is 11.7. The first kappa shape index (κ1) is 34.9. The third kappa shape index (κ3) is 24.6. The lowest BCUT2D eigenvalue weighted by Gasteiger charge is -2.14. The zero-order valence-corrected chi connectivity index (χ0v) is 24.9. The van der Waals surface area contributed by atoms with Gasteiger partial charge in [-0.15, -0.1) is 0 Å². The summed E-state index contributed by atoms with van der Waals surface area (Å²) in [5, 5.41) is 0. The minimum Gasteiger partial charge on any atom is -0.466 e. The van der Waals surface area contributed by atoms with Crippen LogP contribution in [0.4, 0.5) is 0 Å². The third-order valence-electron chi connectivity index (χ3n) is 7.16. The molecule has 4 nitrogen and oxygen atoms in total. The maximum absolute atomic E-state index is 12.2. The summed E-state index contributed by atoms with van der Waals surface area (Å²) in [5.41, 5.74) is 0. The predicted octanol–water partition coefficient (Wildman–Crippen LogP) is 9.82. The fraction of sp³-hybridized carbons (Fsp3) is 0.938. The normalized spacial score (nSPS) is 12.3. The van der Waals surface area contributed by atoms with E-state index in [-0.39, 0.29) is 17.9 Å². The van der Waals surface area contributed by atoms with Crippen LogP contribution in [0.1, 0.15) is 163 Å². The van der Waals surface area contributed by atoms with Crippen LogP contribution in [0, 0.1) is 17.8 Å². The molecule has 0 heterocycles. The maximum atomic E-state index is 12.2. The molecule has 4 heteroatoms. The second-order valence-electron chi connectivity index (χ2n) is 11.7. The first-order valence-corrected chi connectivity index (χ1v) is 15.7. The van der Waals surface area contributed by atoms with E-state index in [0.29, 0.717) is 31.5 Å². The molecule has 36 heavy (non-hydrogen) atoms. The van der Waals surface area contributed by atoms with Crippen molar-refractivity contribution in [2.45, 2.75) is 163 Å². The molecule has 1 unspecified atom stereocenters. The number of carbonyl (C=O) groups excluding carboxylic acids is 2. The Balaban J connectivity index is 3.35. The molecule has 0 radical (unpaired) electrons. The van der Waals surface area contributed by atoms with E-state index in [1.165, 1.54) is 77.0 Å². The summed E-state index contributed by atoms with van der Waals surface area (Å²) in [4.78, 5) is 23.8. The highest BCUT2D eigenvalue weighted by molar-refractivity contribution is 5.72. The zero-order chi connectivity index (χ0) is 26.9. The van der Waals surface area contributed by atoms with Gasteiger partial charge in [0.25, 0.3) is 0 Å². The van der Waals surface area contributed by atoms with Gasteiger partial charge in [-0.1, -0.05) is 125 Å². The molecule has 0 rings (SSSR count). The maximum Gasteiger partial charge on any atom is 0.308 e. The van der Waals surface area contributed by atoms with Crippen molar-refractivity contribution in [3.8, 4) is 0 Å². The quantitative estimate of drug-likeness (QED) is 0.0858. The molecule has 0 aromatic rings. The van der Waals surface area contributed by atoms with Crippen molar-refractivity contribution in [2.24, 2.45) is 17.8 Å². The van der Waals surface area contributed by atoms with Gasteiger partial charge in [0.1, 0.15) is 0 Å². The highest BCUT2D eigenvalue weighted by atomic mass is 16.5. The van der Waals surface area contributed by atoms with Gasteiger partial charge in [-0.25, -0.2) is 0 Å². The van der Waals surface area contributed by atoms with Crippen LogP contribution in [0.3, 0.4) is 0 Å². The van der Waals surface area contributed by atoms with Gasteiger partial charge >= 0.3 is 11.9 Å². The molecular formula is C32H62O4. The Morgan fingerprint density at radius 2 is 0.917 bits per heavy atom. The van der Waals surface area contributed by atoms with Crippen molar-refractivity contribution in [3.63, 3.8) is 0 Å². The van der Waals surface area contributed by atoms with Gasteiger partial charge in [0.15, 0.2) is 0 Å². The fourth-order valence-corrected chi connectivity index (χ4v) is 4.44. The number of ether oxygens (including phenoxy) is 2. The summed E-state index contributed by atoms with van der Waals surface area (Å²) in [6, 6.07) is 0. The van der Waals surface area contributed by atoms with Crippen LogP contribution in [-0.4, -0.2) is 25.2 Å². The number of carbonyl (C=O) groups is 2. The zero-order valence-electron chi connectivity index (χ0n) is 24.9. The van der Waals surface area contributed by atoms with Crippen molar-refractivity contribution in [1.82, 2.24) is 0 Å². The lowest BCUT2D eigenvalue weighted by Crippen LogP contribution is -2.18. The van der Waals surface area contributed by atoms with Crippen molar-refractivity contribution in [3.05, 3.63) is 0 Å². The summed E-state index contributed by atoms with van der Waals surface area (Å²) in [6.45, 7) is 11.9. The van der Waals surface area contributed by atoms with Gasteiger partial charge < -0.3 is 9.47 Å². The lowest BCUT2D eigenvalue weighted by molar-refractivity contribution is -0.149. The largest absolute Gasteiger partial charge is 0.466 e. The number of rotatable bonds is 26. The van der Waals surface area contributed by atoms with Gasteiger partial charge in [-0.05, 0) is 43.9 Å². The molecule has 0 bridgehead atoms. The lowest BCUT2D eigenvalue weighted by atomic mass is 9.97. The van der Waals surface area contributed by atoms with Gasteiger partial charge in [0.2, 0.25) is 0 Å². The second kappa shape index (κ2) is 25.6. The molecular weight excluding hydrogens is 448 g/mol. The van der Waals surface area contributed by atoms with E-state index in [1.807, 2.05) is 0 Å². The van der Waals surface area contributed by atoms with Crippen LogP contribution in [0.25, 0.3) is 0 Å². The van der Waals surface area contributed by atoms with Gasteiger partial charge in [-0.3, -0.25) is 9.59 Å². The molecule has 0 spiro atoms. The third-order valence-corrected chi connectivity index (χ3v) is 7.16. The van der Waals surface area contributed by atoms with E-state index in [9.17, 15) is 9.59 Å². The minimum atomic E-state index is -0.0183. The van der Waals surface area contributed by atoms with Gasteiger partial charge in [0, 0.05) is 6.42 Å². The Morgan fingerprint density at radius 3 is 1.33 bits per heavy atom. The summed E-state index contributed by atoms with van der Waals surface area (Å²) in [7, 11) is 0. The molecule has 0 N–H and O–H groups in total. The molecule has 0 aromatic heterocycles. The fourth-order valence-electron chi connectivity index (χ4n) is 4.44. The van der Waals surface area contributed by atoms with Crippen molar-refractivity contribution in [2.75, 3.05) is 13.2 Å². The number of unbranched alkanes of at least 4 members (excludes halogenated alkanes) is 14. The summed E-state index contributed by atoms with van der Waals surface area (Å²) >= 11 is 0. The van der Waals surface area contributed by atoms with Gasteiger partial charge in [0.05, 0.1) is 19.1 Å². The molecule has 0 aliphatic heterocycles. The smallest absolute Gasteiger partial charge is 0.308 e. The Labute approximate surface area is 225 Å². The number of esters is 2. The van der Waals surface area contributed by atoms with E-state index in [1.54, 1.807) is 0 Å². The predicted molar refractivity (Wildman–Crippen MR) is 153 cm³/mol. The van der Waals surface area contributed by atoms with Crippen LogP contribution in [0.2, 0.25) is 0 Å². The molecule has 0 amide bonds. The topological polar surface area (TPSA) is 52.6 Å². The molecule has 0 aliphatic rings. The minimum absolute atomic E-state index is 0.0183. The standard InChI is InChI=1S/C32H62O4/c1-6-30(32(34)36-27-25-29(4)5)22-20-18-16-14-12-10-8-7-9-11-13-15-17-19-21-23-31(33)35-26-24-28(2)3/h28-30H,6-27H2,1-5H3. The molecule has 214 valence electrons. The van der Waals surface area contributed by atoms with Crippen LogP contribution in [-0.2, 0) is 19.1 Å². The van der Waals surface area contributed by atoms with Crippen LogP contribution in [0.5, 0.6) is 0 Å². The van der Waals surface area contributed by atoms with Gasteiger partial charge in [-0.2, -0.15) is 0 Å². The van der Waals surface area contributed by atoms with E-state index < -0.39 is 0 Å². The van der Waals surface area contributed by atoms with Crippen LogP contribution < -0.4 is 0 Å². The Hall–Kier alpha value is -1.06. The monoisotopic (exact) mass is 510 g/mol. The summed E-state index contributed by atoms with van der Waals surface area (Å²) < 4.78 is 10.7. The van der Waals surface area contributed by atoms with Crippen LogP contribution in [0.15, 0.2) is 0 Å². The summed E-state index contributed by atoms with van der Waals surface area (Å²) in [6.07, 6.45) is 23.6. The average Bonchev–Trinajstić information content (AvgIpc) is 2.82. The Morgan fingerprint density at radius 1 is 0.528 bits per heavy atom. The summed E-state index contributed by atoms with van der Waals surface area (Å²) in [5.74, 6) is 1.28. The average molecular weight is 511 g/mol. The number of hydrogen-bond acceptors (Lipinski definition) is 4. The van der Waals surface area contributed by atoms with E-state index >= 15 is 0 Å². The Bertz CT molecular complexity index is 500. The SMILES string of the molecule is CCC(CCCCCCCCCCCCCCCCCC(=O)OCCC(C)C)C(=O)OCCC(C)C. The molecule has 0 fully saturated rings. The first-order valence-electron chi connectivity index (χ1n) is 15.7. The molecule has 0 aliphatic carbocycles. The highest BCUT2D eigenvalue weighted by Crippen LogP contribution is 2.18. The molecule has 1 atom stereocenters. The first-order chi connectivity index (χ1) is 17.4. The van der Waals surface area contributed by atoms with E-state index in [2.05, 4.69) is 34.6 Å². The van der Waals surface area contributed by atoms with E-state index in [0.717, 1.165) is 44.9 Å².